The van der Waals surface area contributed by atoms with Gasteiger partial charge in [0.2, 0.25) is 0 Å². The average molecular weight is 507 g/mol. The molecule has 1 saturated heterocycles. The fourth-order valence-electron chi connectivity index (χ4n) is 3.13. The Labute approximate surface area is 181 Å². The van der Waals surface area contributed by atoms with Crippen LogP contribution in [0.1, 0.15) is 24.1 Å². The van der Waals surface area contributed by atoms with Crippen molar-refractivity contribution in [3.8, 4) is 11.8 Å². The van der Waals surface area contributed by atoms with Crippen LogP contribution in [0.4, 0.5) is 32.2 Å². The molecule has 15 heteroatoms. The third-order valence-corrected chi connectivity index (χ3v) is 6.56. The van der Waals surface area contributed by atoms with Crippen LogP contribution >= 0.6 is 23.2 Å². The zero-order valence-corrected chi connectivity index (χ0v) is 17.3. The van der Waals surface area contributed by atoms with Crippen molar-refractivity contribution < 1.29 is 34.8 Å². The number of nitriles is 1. The smallest absolute Gasteiger partial charge is 0.355 e. The van der Waals surface area contributed by atoms with Gasteiger partial charge >= 0.3 is 11.7 Å². The zero-order valence-electron chi connectivity index (χ0n) is 15.0. The van der Waals surface area contributed by atoms with E-state index in [9.17, 15) is 40.0 Å². The second-order valence-corrected chi connectivity index (χ2v) is 9.15. The fraction of sp³-hybridized carbons (Fsp3) is 0.375. The first kappa shape index (κ1) is 23.5. The lowest BCUT2D eigenvalue weighted by molar-refractivity contribution is -0.137. The SMILES string of the molecule is N#Cc1nn(-c2c(Cl)cc(C(F)(F)F)cc2Cl)c(N2CCCC2)c1S(=O)(=O)C(F)(F)F. The van der Waals surface area contributed by atoms with Crippen LogP contribution in [0, 0.1) is 11.3 Å². The lowest BCUT2D eigenvalue weighted by Crippen LogP contribution is -2.28. The Morgan fingerprint density at radius 2 is 1.55 bits per heavy atom. The molecule has 2 aromatic rings. The Kier molecular flexibility index (Phi) is 5.88. The van der Waals surface area contributed by atoms with Crippen molar-refractivity contribution in [1.29, 1.82) is 5.26 Å². The molecule has 1 aromatic heterocycles. The molecule has 1 aliphatic rings. The molecule has 0 saturated carbocycles. The maximum atomic E-state index is 13.3. The number of benzene rings is 1. The standard InChI is InChI=1S/C16H10Cl2F6N4O2S/c17-9-5-8(15(19,20)21)6-10(18)12(9)28-14(27-3-1-2-4-27)13(11(7-25)26-28)31(29,30)16(22,23)24/h5-6H,1-4H2. The summed E-state index contributed by atoms with van der Waals surface area (Å²) >= 11 is 11.9. The van der Waals surface area contributed by atoms with E-state index in [2.05, 4.69) is 5.10 Å². The minimum atomic E-state index is -6.05. The molecule has 31 heavy (non-hydrogen) atoms. The maximum Gasteiger partial charge on any atom is 0.502 e. The van der Waals surface area contributed by atoms with E-state index in [0.29, 0.717) is 29.7 Å². The third kappa shape index (κ3) is 4.04. The Hall–Kier alpha value is -2.17. The molecule has 0 N–H and O–H groups in total. The van der Waals surface area contributed by atoms with Crippen molar-refractivity contribution >= 4 is 38.9 Å². The van der Waals surface area contributed by atoms with Crippen molar-refractivity contribution in [3.05, 3.63) is 33.4 Å². The van der Waals surface area contributed by atoms with E-state index in [-0.39, 0.29) is 13.1 Å². The first-order chi connectivity index (χ1) is 14.2. The number of anilines is 1. The fourth-order valence-corrected chi connectivity index (χ4v) is 4.80. The molecular formula is C16H10Cl2F6N4O2S. The van der Waals surface area contributed by atoms with Crippen LogP contribution in [0.5, 0.6) is 0 Å². The summed E-state index contributed by atoms with van der Waals surface area (Å²) in [6, 6.07) is 2.25. The van der Waals surface area contributed by atoms with Gasteiger partial charge in [-0.3, -0.25) is 0 Å². The van der Waals surface area contributed by atoms with Gasteiger partial charge in [-0.2, -0.15) is 36.7 Å². The zero-order chi connectivity index (χ0) is 23.4. The summed E-state index contributed by atoms with van der Waals surface area (Å²) in [6.45, 7) is 0.236. The summed E-state index contributed by atoms with van der Waals surface area (Å²) in [7, 11) is -6.05. The molecule has 0 spiro atoms. The van der Waals surface area contributed by atoms with Crippen LogP contribution in [0.2, 0.25) is 10.0 Å². The highest BCUT2D eigenvalue weighted by Gasteiger charge is 2.52. The number of alkyl halides is 6. The second-order valence-electron chi connectivity index (χ2n) is 6.45. The lowest BCUT2D eigenvalue weighted by Gasteiger charge is -2.22. The number of nitrogens with zero attached hydrogens (tertiary/aromatic N) is 4. The molecule has 168 valence electrons. The third-order valence-electron chi connectivity index (χ3n) is 4.46. The van der Waals surface area contributed by atoms with Crippen molar-refractivity contribution in [1.82, 2.24) is 9.78 Å². The second kappa shape index (κ2) is 7.75. The van der Waals surface area contributed by atoms with Crippen LogP contribution in [0.3, 0.4) is 0 Å². The number of halogens is 8. The van der Waals surface area contributed by atoms with Gasteiger partial charge in [-0.1, -0.05) is 23.2 Å². The average Bonchev–Trinajstić information content (AvgIpc) is 3.26. The van der Waals surface area contributed by atoms with E-state index in [1.807, 2.05) is 0 Å². The Morgan fingerprint density at radius 3 is 1.97 bits per heavy atom. The maximum absolute atomic E-state index is 13.3. The number of hydrogen-bond donors (Lipinski definition) is 0. The molecule has 1 aromatic carbocycles. The van der Waals surface area contributed by atoms with Crippen LogP contribution in [-0.2, 0) is 16.0 Å². The van der Waals surface area contributed by atoms with Crippen LogP contribution < -0.4 is 4.90 Å². The minimum Gasteiger partial charge on any atom is -0.355 e. The van der Waals surface area contributed by atoms with Crippen molar-refractivity contribution in [2.24, 2.45) is 0 Å². The highest BCUT2D eigenvalue weighted by atomic mass is 35.5. The summed E-state index contributed by atoms with van der Waals surface area (Å²) in [5.41, 5.74) is -8.57. The van der Waals surface area contributed by atoms with E-state index in [0.717, 1.165) is 0 Å². The molecule has 0 unspecified atom stereocenters. The summed E-state index contributed by atoms with van der Waals surface area (Å²) < 4.78 is 104. The highest BCUT2D eigenvalue weighted by molar-refractivity contribution is 7.92. The van der Waals surface area contributed by atoms with Crippen molar-refractivity contribution in [2.75, 3.05) is 18.0 Å². The summed E-state index contributed by atoms with van der Waals surface area (Å²) in [4.78, 5) is -0.173. The van der Waals surface area contributed by atoms with E-state index in [1.54, 1.807) is 0 Å². The molecule has 0 radical (unpaired) electrons. The summed E-state index contributed by atoms with van der Waals surface area (Å²) in [6.07, 6.45) is -3.84. The molecule has 0 amide bonds. The van der Waals surface area contributed by atoms with Gasteiger partial charge in [-0.25, -0.2) is 13.1 Å². The summed E-state index contributed by atoms with van der Waals surface area (Å²) in [5, 5.41) is 11.6. The minimum absolute atomic E-state index is 0.118. The van der Waals surface area contributed by atoms with Crippen molar-refractivity contribution in [3.63, 3.8) is 0 Å². The Morgan fingerprint density at radius 1 is 1.03 bits per heavy atom. The first-order valence-electron chi connectivity index (χ1n) is 8.36. The van der Waals surface area contributed by atoms with Gasteiger partial charge in [0.25, 0.3) is 9.84 Å². The van der Waals surface area contributed by atoms with Gasteiger partial charge in [0.15, 0.2) is 16.4 Å². The lowest BCUT2D eigenvalue weighted by atomic mass is 10.2. The van der Waals surface area contributed by atoms with E-state index < -0.39 is 59.2 Å². The predicted octanol–water partition coefficient (Wildman–Crippen LogP) is 4.96. The van der Waals surface area contributed by atoms with Crippen LogP contribution in [0.25, 0.3) is 5.69 Å². The highest BCUT2D eigenvalue weighted by Crippen LogP contribution is 2.43. The first-order valence-corrected chi connectivity index (χ1v) is 10.6. The van der Waals surface area contributed by atoms with Gasteiger partial charge in [0, 0.05) is 13.1 Å². The van der Waals surface area contributed by atoms with E-state index in [1.165, 1.54) is 11.0 Å². The van der Waals surface area contributed by atoms with Crippen LogP contribution in [0.15, 0.2) is 17.0 Å². The normalized spacial score (nSPS) is 15.4. The van der Waals surface area contributed by atoms with Gasteiger partial charge in [-0.15, -0.1) is 0 Å². The summed E-state index contributed by atoms with van der Waals surface area (Å²) in [5.74, 6) is -0.644. The molecule has 1 aliphatic heterocycles. The number of aromatic nitrogens is 2. The topological polar surface area (TPSA) is 79.0 Å². The van der Waals surface area contributed by atoms with Gasteiger partial charge in [0.1, 0.15) is 11.8 Å². The molecule has 1 fully saturated rings. The van der Waals surface area contributed by atoms with Gasteiger partial charge in [-0.05, 0) is 25.0 Å². The van der Waals surface area contributed by atoms with Crippen molar-refractivity contribution in [2.45, 2.75) is 29.4 Å². The largest absolute Gasteiger partial charge is 0.502 e. The molecule has 2 heterocycles. The quantitative estimate of drug-likeness (QED) is 0.549. The molecule has 0 aliphatic carbocycles. The van der Waals surface area contributed by atoms with E-state index >= 15 is 0 Å². The molecule has 3 rings (SSSR count). The molecule has 0 atom stereocenters. The number of rotatable bonds is 3. The monoisotopic (exact) mass is 506 g/mol. The molecule has 6 nitrogen and oxygen atoms in total. The Bertz CT molecular complexity index is 1160. The van der Waals surface area contributed by atoms with Gasteiger partial charge in [0.05, 0.1) is 15.6 Å². The number of hydrogen-bond acceptors (Lipinski definition) is 5. The van der Waals surface area contributed by atoms with E-state index in [4.69, 9.17) is 23.2 Å². The van der Waals surface area contributed by atoms with Crippen LogP contribution in [-0.4, -0.2) is 36.8 Å². The predicted molar refractivity (Wildman–Crippen MR) is 98.0 cm³/mol. The van der Waals surface area contributed by atoms with Gasteiger partial charge < -0.3 is 4.90 Å². The molecular weight excluding hydrogens is 497 g/mol. The Balaban J connectivity index is 2.40. The number of sulfone groups is 1. The molecule has 0 bridgehead atoms.